The molecule has 2 unspecified atom stereocenters. The van der Waals surface area contributed by atoms with Crippen LogP contribution in [0.5, 0.6) is 0 Å². The van der Waals surface area contributed by atoms with Crippen LogP contribution < -0.4 is 5.32 Å². The summed E-state index contributed by atoms with van der Waals surface area (Å²) in [6, 6.07) is -0.227. The Kier molecular flexibility index (Phi) is 5.44. The maximum atomic E-state index is 12.0. The standard InChI is InChI=1S/C13H24N2O3/c1-9(12(16)17)10(2)14-13(18)15(3)11-7-5-4-6-8-11/h9-11H,4-8H2,1-3H3,(H,14,18)(H,16,17). The summed E-state index contributed by atoms with van der Waals surface area (Å²) in [7, 11) is 1.80. The van der Waals surface area contributed by atoms with Crippen molar-refractivity contribution in [1.82, 2.24) is 10.2 Å². The van der Waals surface area contributed by atoms with E-state index < -0.39 is 11.9 Å². The molecule has 5 heteroatoms. The molecule has 2 N–H and O–H groups in total. The zero-order chi connectivity index (χ0) is 13.7. The molecule has 104 valence electrons. The number of hydrogen-bond acceptors (Lipinski definition) is 2. The molecule has 1 fully saturated rings. The van der Waals surface area contributed by atoms with Gasteiger partial charge in [-0.1, -0.05) is 19.3 Å². The molecule has 18 heavy (non-hydrogen) atoms. The van der Waals surface area contributed by atoms with Crippen molar-refractivity contribution in [2.45, 2.75) is 58.0 Å². The summed E-state index contributed by atoms with van der Waals surface area (Å²) < 4.78 is 0. The fourth-order valence-corrected chi connectivity index (χ4v) is 2.27. The van der Waals surface area contributed by atoms with E-state index in [-0.39, 0.29) is 12.1 Å². The molecule has 0 spiro atoms. The van der Waals surface area contributed by atoms with Gasteiger partial charge in [-0.2, -0.15) is 0 Å². The third-order valence-electron chi connectivity index (χ3n) is 3.93. The third kappa shape index (κ3) is 3.89. The van der Waals surface area contributed by atoms with Crippen LogP contribution in [0.25, 0.3) is 0 Å². The highest BCUT2D eigenvalue weighted by atomic mass is 16.4. The Labute approximate surface area is 109 Å². The van der Waals surface area contributed by atoms with Crippen LogP contribution in [0.4, 0.5) is 4.79 Å². The van der Waals surface area contributed by atoms with Crippen molar-refractivity contribution >= 4 is 12.0 Å². The van der Waals surface area contributed by atoms with Crippen molar-refractivity contribution in [1.29, 1.82) is 0 Å². The number of carbonyl (C=O) groups is 2. The monoisotopic (exact) mass is 256 g/mol. The van der Waals surface area contributed by atoms with Gasteiger partial charge in [0.05, 0.1) is 5.92 Å². The Hall–Kier alpha value is -1.26. The number of hydrogen-bond donors (Lipinski definition) is 2. The zero-order valence-corrected chi connectivity index (χ0v) is 11.5. The summed E-state index contributed by atoms with van der Waals surface area (Å²) in [5.41, 5.74) is 0. The van der Waals surface area contributed by atoms with E-state index in [1.165, 1.54) is 19.3 Å². The van der Waals surface area contributed by atoms with Crippen LogP contribution in [0.1, 0.15) is 46.0 Å². The van der Waals surface area contributed by atoms with E-state index in [0.29, 0.717) is 6.04 Å². The number of carboxylic acid groups (broad SMARTS) is 1. The zero-order valence-electron chi connectivity index (χ0n) is 11.5. The second kappa shape index (κ2) is 6.61. The first-order valence-electron chi connectivity index (χ1n) is 6.69. The lowest BCUT2D eigenvalue weighted by atomic mass is 9.94. The van der Waals surface area contributed by atoms with Crippen LogP contribution in [-0.2, 0) is 4.79 Å². The first kappa shape index (κ1) is 14.8. The molecule has 0 aliphatic heterocycles. The molecule has 0 aromatic rings. The van der Waals surface area contributed by atoms with Gasteiger partial charge < -0.3 is 15.3 Å². The van der Waals surface area contributed by atoms with Gasteiger partial charge in [-0.15, -0.1) is 0 Å². The molecule has 2 amide bonds. The van der Waals surface area contributed by atoms with Gasteiger partial charge in [0.1, 0.15) is 0 Å². The minimum absolute atomic E-state index is 0.164. The van der Waals surface area contributed by atoms with Gasteiger partial charge in [0.15, 0.2) is 0 Å². The highest BCUT2D eigenvalue weighted by Crippen LogP contribution is 2.21. The molecule has 1 rings (SSSR count). The number of aliphatic carboxylic acids is 1. The predicted molar refractivity (Wildman–Crippen MR) is 69.4 cm³/mol. The normalized spacial score (nSPS) is 19.9. The number of carbonyl (C=O) groups excluding carboxylic acids is 1. The first-order valence-corrected chi connectivity index (χ1v) is 6.69. The lowest BCUT2D eigenvalue weighted by Crippen LogP contribution is -2.49. The molecule has 5 nitrogen and oxygen atoms in total. The second-order valence-electron chi connectivity index (χ2n) is 5.27. The molecule has 0 bridgehead atoms. The Morgan fingerprint density at radius 1 is 1.22 bits per heavy atom. The summed E-state index contributed by atoms with van der Waals surface area (Å²) in [6.45, 7) is 3.33. The summed E-state index contributed by atoms with van der Waals surface area (Å²) in [5, 5.41) is 11.7. The van der Waals surface area contributed by atoms with Gasteiger partial charge in [0.25, 0.3) is 0 Å². The van der Waals surface area contributed by atoms with E-state index in [1.807, 2.05) is 0 Å². The van der Waals surface area contributed by atoms with Crippen molar-refractivity contribution < 1.29 is 14.7 Å². The average molecular weight is 256 g/mol. The SMILES string of the molecule is CC(NC(=O)N(C)C1CCCCC1)C(C)C(=O)O. The molecule has 1 aliphatic carbocycles. The minimum atomic E-state index is -0.886. The van der Waals surface area contributed by atoms with Gasteiger partial charge in [-0.05, 0) is 26.7 Å². The maximum Gasteiger partial charge on any atom is 0.317 e. The Morgan fingerprint density at radius 2 is 1.78 bits per heavy atom. The first-order chi connectivity index (χ1) is 8.43. The van der Waals surface area contributed by atoms with Crippen molar-refractivity contribution in [3.8, 4) is 0 Å². The molecule has 2 atom stereocenters. The minimum Gasteiger partial charge on any atom is -0.481 e. The molecule has 1 aliphatic rings. The molecule has 0 aromatic carbocycles. The quantitative estimate of drug-likeness (QED) is 0.809. The van der Waals surface area contributed by atoms with E-state index in [9.17, 15) is 9.59 Å². The number of carboxylic acids is 1. The summed E-state index contributed by atoms with van der Waals surface area (Å²) >= 11 is 0. The number of rotatable bonds is 4. The van der Waals surface area contributed by atoms with E-state index in [1.54, 1.807) is 25.8 Å². The van der Waals surface area contributed by atoms with Crippen LogP contribution in [0.2, 0.25) is 0 Å². The van der Waals surface area contributed by atoms with Crippen LogP contribution in [0, 0.1) is 5.92 Å². The van der Waals surface area contributed by atoms with Gasteiger partial charge in [-0.25, -0.2) is 4.79 Å². The lowest BCUT2D eigenvalue weighted by molar-refractivity contribution is -0.141. The highest BCUT2D eigenvalue weighted by molar-refractivity contribution is 5.76. The Balaban J connectivity index is 2.46. The number of nitrogens with zero attached hydrogens (tertiary/aromatic N) is 1. The van der Waals surface area contributed by atoms with Crippen LogP contribution in [-0.4, -0.2) is 41.1 Å². The largest absolute Gasteiger partial charge is 0.481 e. The van der Waals surface area contributed by atoms with Crippen molar-refractivity contribution in [2.24, 2.45) is 5.92 Å². The predicted octanol–water partition coefficient (Wildman–Crippen LogP) is 2.07. The molecular formula is C13H24N2O3. The summed E-state index contributed by atoms with van der Waals surface area (Å²) in [5.74, 6) is -1.46. The van der Waals surface area contributed by atoms with Crippen LogP contribution in [0.15, 0.2) is 0 Å². The van der Waals surface area contributed by atoms with Gasteiger partial charge in [0.2, 0.25) is 0 Å². The van der Waals surface area contributed by atoms with Crippen molar-refractivity contribution in [2.75, 3.05) is 7.05 Å². The van der Waals surface area contributed by atoms with Crippen LogP contribution >= 0.6 is 0 Å². The fraction of sp³-hybridized carbons (Fsp3) is 0.846. The Bertz CT molecular complexity index is 301. The smallest absolute Gasteiger partial charge is 0.317 e. The van der Waals surface area contributed by atoms with E-state index in [0.717, 1.165) is 12.8 Å². The van der Waals surface area contributed by atoms with Gasteiger partial charge in [-0.3, -0.25) is 4.79 Å². The summed E-state index contributed by atoms with van der Waals surface area (Å²) in [6.07, 6.45) is 5.69. The van der Waals surface area contributed by atoms with Crippen LogP contribution in [0.3, 0.4) is 0 Å². The molecule has 0 heterocycles. The van der Waals surface area contributed by atoms with E-state index in [2.05, 4.69) is 5.32 Å². The fourth-order valence-electron chi connectivity index (χ4n) is 2.27. The Morgan fingerprint density at radius 3 is 2.28 bits per heavy atom. The lowest BCUT2D eigenvalue weighted by Gasteiger charge is -2.32. The van der Waals surface area contributed by atoms with Gasteiger partial charge >= 0.3 is 12.0 Å². The summed E-state index contributed by atoms with van der Waals surface area (Å²) in [4.78, 5) is 24.6. The molecular weight excluding hydrogens is 232 g/mol. The topological polar surface area (TPSA) is 69.6 Å². The second-order valence-corrected chi connectivity index (χ2v) is 5.27. The molecule has 0 saturated heterocycles. The third-order valence-corrected chi connectivity index (χ3v) is 3.93. The highest BCUT2D eigenvalue weighted by Gasteiger charge is 2.26. The van der Waals surface area contributed by atoms with Gasteiger partial charge in [0, 0.05) is 19.1 Å². The van der Waals surface area contributed by atoms with Crippen molar-refractivity contribution in [3.63, 3.8) is 0 Å². The van der Waals surface area contributed by atoms with E-state index in [4.69, 9.17) is 5.11 Å². The van der Waals surface area contributed by atoms with Crippen molar-refractivity contribution in [3.05, 3.63) is 0 Å². The number of nitrogens with one attached hydrogen (secondary N) is 1. The molecule has 0 radical (unpaired) electrons. The number of urea groups is 1. The maximum absolute atomic E-state index is 12.0. The molecule has 0 aromatic heterocycles. The average Bonchev–Trinajstić information content (AvgIpc) is 2.37. The number of amides is 2. The molecule has 1 saturated carbocycles. The van der Waals surface area contributed by atoms with E-state index >= 15 is 0 Å².